The molecule has 0 amide bonds. The molecule has 120 valence electrons. The van der Waals surface area contributed by atoms with Crippen LogP contribution in [0.15, 0.2) is 17.2 Å². The lowest BCUT2D eigenvalue weighted by Crippen LogP contribution is -2.28. The molecule has 1 fully saturated rings. The molecule has 0 saturated carbocycles. The predicted octanol–water partition coefficient (Wildman–Crippen LogP) is 2.17. The fourth-order valence-electron chi connectivity index (χ4n) is 3.10. The van der Waals surface area contributed by atoms with Gasteiger partial charge >= 0.3 is 0 Å². The number of rotatable bonds is 7. The van der Waals surface area contributed by atoms with Crippen molar-refractivity contribution in [2.45, 2.75) is 57.5 Å². The maximum Gasteiger partial charge on any atom is 0.244 e. The summed E-state index contributed by atoms with van der Waals surface area (Å²) in [4.78, 5) is 0.397. The number of sulfonamides is 1. The molecule has 1 aromatic heterocycles. The van der Waals surface area contributed by atoms with E-state index >= 15 is 0 Å². The van der Waals surface area contributed by atoms with Crippen LogP contribution in [0.4, 0.5) is 0 Å². The highest BCUT2D eigenvalue weighted by Crippen LogP contribution is 2.27. The number of aryl methyl sites for hydroxylation is 1. The van der Waals surface area contributed by atoms with Gasteiger partial charge in [0.05, 0.1) is 0 Å². The van der Waals surface area contributed by atoms with Crippen LogP contribution < -0.4 is 5.73 Å². The Balaban J connectivity index is 2.20. The van der Waals surface area contributed by atoms with E-state index in [9.17, 15) is 8.42 Å². The number of nitrogens with zero attached hydrogens (tertiary/aromatic N) is 2. The van der Waals surface area contributed by atoms with Crippen LogP contribution in [0, 0.1) is 5.92 Å². The molecular formula is C15H27N3O2S. The fraction of sp³-hybridized carbons (Fsp3) is 0.733. The zero-order chi connectivity index (χ0) is 15.5. The van der Waals surface area contributed by atoms with Gasteiger partial charge in [-0.05, 0) is 31.2 Å². The lowest BCUT2D eigenvalue weighted by molar-refractivity contribution is 0.444. The molecule has 0 aromatic carbocycles. The molecule has 0 bridgehead atoms. The van der Waals surface area contributed by atoms with E-state index in [2.05, 4.69) is 13.8 Å². The van der Waals surface area contributed by atoms with E-state index in [0.29, 0.717) is 30.4 Å². The van der Waals surface area contributed by atoms with Crippen molar-refractivity contribution in [2.75, 3.05) is 13.1 Å². The monoisotopic (exact) mass is 313 g/mol. The van der Waals surface area contributed by atoms with Crippen LogP contribution in [0.1, 0.15) is 45.2 Å². The van der Waals surface area contributed by atoms with Crippen LogP contribution in [-0.4, -0.2) is 30.4 Å². The molecule has 1 aliphatic rings. The molecule has 0 spiro atoms. The minimum Gasteiger partial charge on any atom is -0.349 e. The summed E-state index contributed by atoms with van der Waals surface area (Å²) in [5.74, 6) is 0.511. The molecule has 1 atom stereocenters. The van der Waals surface area contributed by atoms with Gasteiger partial charge in [-0.3, -0.25) is 0 Å². The smallest absolute Gasteiger partial charge is 0.244 e. The van der Waals surface area contributed by atoms with Gasteiger partial charge in [0.2, 0.25) is 10.0 Å². The van der Waals surface area contributed by atoms with Gasteiger partial charge in [0.1, 0.15) is 4.90 Å². The van der Waals surface area contributed by atoms with Crippen LogP contribution in [0.3, 0.4) is 0 Å². The van der Waals surface area contributed by atoms with Crippen LogP contribution in [0.25, 0.3) is 0 Å². The Labute approximate surface area is 128 Å². The first-order valence-electron chi connectivity index (χ1n) is 7.92. The van der Waals surface area contributed by atoms with Crippen molar-refractivity contribution in [3.05, 3.63) is 18.0 Å². The van der Waals surface area contributed by atoms with Gasteiger partial charge in [-0.15, -0.1) is 0 Å². The molecule has 1 unspecified atom stereocenters. The maximum absolute atomic E-state index is 12.7. The normalized spacial score (nSPS) is 20.2. The second-order valence-corrected chi connectivity index (χ2v) is 7.81. The van der Waals surface area contributed by atoms with Crippen molar-refractivity contribution in [2.24, 2.45) is 11.7 Å². The molecule has 0 radical (unpaired) electrons. The number of nitrogens with two attached hydrogens (primary N) is 1. The zero-order valence-electron chi connectivity index (χ0n) is 13.1. The average molecular weight is 313 g/mol. The summed E-state index contributed by atoms with van der Waals surface area (Å²) < 4.78 is 29.1. The molecule has 1 saturated heterocycles. The molecule has 2 N–H and O–H groups in total. The van der Waals surface area contributed by atoms with E-state index in [1.54, 1.807) is 16.6 Å². The van der Waals surface area contributed by atoms with Crippen LogP contribution in [-0.2, 0) is 23.1 Å². The molecule has 1 aliphatic heterocycles. The molecule has 1 aromatic rings. The summed E-state index contributed by atoms with van der Waals surface area (Å²) >= 11 is 0. The van der Waals surface area contributed by atoms with E-state index in [4.69, 9.17) is 5.73 Å². The summed E-state index contributed by atoms with van der Waals surface area (Å²) in [6.45, 7) is 6.70. The van der Waals surface area contributed by atoms with Crippen LogP contribution >= 0.6 is 0 Å². The second kappa shape index (κ2) is 6.94. The van der Waals surface area contributed by atoms with Crippen molar-refractivity contribution in [3.8, 4) is 0 Å². The summed E-state index contributed by atoms with van der Waals surface area (Å²) in [6, 6.07) is 1.73. The summed E-state index contributed by atoms with van der Waals surface area (Å²) in [5.41, 5.74) is 6.61. The lowest BCUT2D eigenvalue weighted by atomic mass is 10.0. The van der Waals surface area contributed by atoms with Crippen molar-refractivity contribution in [1.82, 2.24) is 8.87 Å². The fourth-order valence-corrected chi connectivity index (χ4v) is 4.69. The molecule has 2 heterocycles. The Kier molecular flexibility index (Phi) is 5.46. The first kappa shape index (κ1) is 16.5. The number of hydrogen-bond donors (Lipinski definition) is 1. The highest BCUT2D eigenvalue weighted by Gasteiger charge is 2.32. The Hall–Kier alpha value is -0.850. The first-order valence-corrected chi connectivity index (χ1v) is 9.36. The minimum atomic E-state index is -3.36. The summed E-state index contributed by atoms with van der Waals surface area (Å²) in [7, 11) is -3.36. The lowest BCUT2D eigenvalue weighted by Gasteiger charge is -2.15. The standard InChI is InChI=1S/C15H27N3O2S/c1-3-5-13-6-8-18(11-13)21(19,20)15-9-14(10-16)17(12-15)7-4-2/h9,12-13H,3-8,10-11,16H2,1-2H3. The van der Waals surface area contributed by atoms with Crippen molar-refractivity contribution >= 4 is 10.0 Å². The molecule has 2 rings (SSSR count). The third kappa shape index (κ3) is 3.49. The van der Waals surface area contributed by atoms with Gasteiger partial charge in [-0.1, -0.05) is 20.3 Å². The van der Waals surface area contributed by atoms with Crippen LogP contribution in [0.2, 0.25) is 0 Å². The Bertz CT molecular complexity index is 565. The van der Waals surface area contributed by atoms with E-state index in [1.165, 1.54) is 0 Å². The van der Waals surface area contributed by atoms with Crippen LogP contribution in [0.5, 0.6) is 0 Å². The highest BCUT2D eigenvalue weighted by molar-refractivity contribution is 7.89. The predicted molar refractivity (Wildman–Crippen MR) is 84.4 cm³/mol. The quantitative estimate of drug-likeness (QED) is 0.839. The van der Waals surface area contributed by atoms with Gasteiger partial charge in [-0.25, -0.2) is 8.42 Å². The third-order valence-corrected chi connectivity index (χ3v) is 6.05. The molecular weight excluding hydrogens is 286 g/mol. The Morgan fingerprint density at radius 3 is 2.71 bits per heavy atom. The van der Waals surface area contributed by atoms with Gasteiger partial charge in [0.25, 0.3) is 0 Å². The highest BCUT2D eigenvalue weighted by atomic mass is 32.2. The average Bonchev–Trinajstić information content (AvgIpc) is 3.07. The van der Waals surface area contributed by atoms with Gasteiger partial charge in [-0.2, -0.15) is 4.31 Å². The number of hydrogen-bond acceptors (Lipinski definition) is 3. The largest absolute Gasteiger partial charge is 0.349 e. The van der Waals surface area contributed by atoms with Crippen molar-refractivity contribution in [1.29, 1.82) is 0 Å². The third-order valence-electron chi connectivity index (χ3n) is 4.22. The Morgan fingerprint density at radius 1 is 1.33 bits per heavy atom. The molecule has 21 heavy (non-hydrogen) atoms. The van der Waals surface area contributed by atoms with E-state index in [0.717, 1.165) is 37.9 Å². The Morgan fingerprint density at radius 2 is 2.10 bits per heavy atom. The van der Waals surface area contributed by atoms with Gasteiger partial charge < -0.3 is 10.3 Å². The van der Waals surface area contributed by atoms with Crippen molar-refractivity contribution < 1.29 is 8.42 Å². The van der Waals surface area contributed by atoms with E-state index in [-0.39, 0.29) is 0 Å². The number of aromatic nitrogens is 1. The van der Waals surface area contributed by atoms with Crippen molar-refractivity contribution in [3.63, 3.8) is 0 Å². The minimum absolute atomic E-state index is 0.369. The van der Waals surface area contributed by atoms with Gasteiger partial charge in [0.15, 0.2) is 0 Å². The van der Waals surface area contributed by atoms with Gasteiger partial charge in [0, 0.05) is 38.1 Å². The second-order valence-electron chi connectivity index (χ2n) is 5.87. The maximum atomic E-state index is 12.7. The first-order chi connectivity index (χ1) is 10.0. The zero-order valence-corrected chi connectivity index (χ0v) is 13.9. The summed E-state index contributed by atoms with van der Waals surface area (Å²) in [6.07, 6.45) is 5.91. The van der Waals surface area contributed by atoms with E-state index in [1.807, 2.05) is 4.57 Å². The SMILES string of the molecule is CCCC1CCN(S(=O)(=O)c2cc(CN)n(CCC)c2)C1. The summed E-state index contributed by atoms with van der Waals surface area (Å²) in [5, 5.41) is 0. The molecule has 5 nitrogen and oxygen atoms in total. The molecule has 0 aliphatic carbocycles. The molecule has 6 heteroatoms. The van der Waals surface area contributed by atoms with E-state index < -0.39 is 10.0 Å². The topological polar surface area (TPSA) is 68.3 Å².